The van der Waals surface area contributed by atoms with Gasteiger partial charge in [0.05, 0.1) is 0 Å². The van der Waals surface area contributed by atoms with Crippen molar-refractivity contribution in [3.8, 4) is 0 Å². The lowest BCUT2D eigenvalue weighted by Crippen LogP contribution is -2.33. The molecular formula is C19H35F. The minimum Gasteiger partial charge on any atom is -0.247 e. The Bertz CT molecular complexity index is 254. The first kappa shape index (κ1) is 16.3. The van der Waals surface area contributed by atoms with Crippen LogP contribution in [0.15, 0.2) is 0 Å². The Kier molecular flexibility index (Phi) is 6.84. The number of halogens is 1. The monoisotopic (exact) mass is 282 g/mol. The highest BCUT2D eigenvalue weighted by Crippen LogP contribution is 2.44. The van der Waals surface area contributed by atoms with Crippen LogP contribution in [0.2, 0.25) is 0 Å². The van der Waals surface area contributed by atoms with Gasteiger partial charge in [0, 0.05) is 0 Å². The molecule has 0 spiro atoms. The number of rotatable bonds is 6. The molecule has 2 fully saturated rings. The van der Waals surface area contributed by atoms with Gasteiger partial charge in [-0.25, -0.2) is 4.39 Å². The van der Waals surface area contributed by atoms with Crippen molar-refractivity contribution < 1.29 is 4.39 Å². The van der Waals surface area contributed by atoms with Crippen molar-refractivity contribution in [2.45, 2.75) is 97.1 Å². The second-order valence-electron chi connectivity index (χ2n) is 7.54. The molecule has 0 amide bonds. The van der Waals surface area contributed by atoms with Gasteiger partial charge in [-0.3, -0.25) is 0 Å². The minimum atomic E-state index is -0.487. The first-order valence-corrected chi connectivity index (χ1v) is 9.38. The Morgan fingerprint density at radius 2 is 1.55 bits per heavy atom. The van der Waals surface area contributed by atoms with E-state index in [0.717, 1.165) is 12.3 Å². The van der Waals surface area contributed by atoms with Crippen molar-refractivity contribution in [3.05, 3.63) is 0 Å². The quantitative estimate of drug-likeness (QED) is 0.485. The molecule has 0 aromatic carbocycles. The summed E-state index contributed by atoms with van der Waals surface area (Å²) in [6.45, 7) is 4.56. The molecule has 0 bridgehead atoms. The molecule has 0 radical (unpaired) electrons. The van der Waals surface area contributed by atoms with Gasteiger partial charge in [-0.1, -0.05) is 58.8 Å². The molecule has 20 heavy (non-hydrogen) atoms. The molecule has 3 atom stereocenters. The van der Waals surface area contributed by atoms with Crippen LogP contribution in [0.1, 0.15) is 90.9 Å². The normalized spacial score (nSPS) is 38.9. The number of hydrogen-bond acceptors (Lipinski definition) is 0. The smallest absolute Gasteiger partial charge is 0.103 e. The van der Waals surface area contributed by atoms with Crippen LogP contribution in [0.25, 0.3) is 0 Å². The molecule has 0 nitrogen and oxygen atoms in total. The van der Waals surface area contributed by atoms with Gasteiger partial charge >= 0.3 is 0 Å². The summed E-state index contributed by atoms with van der Waals surface area (Å²) in [6.07, 6.45) is 14.8. The zero-order valence-electron chi connectivity index (χ0n) is 13.7. The third-order valence-corrected chi connectivity index (χ3v) is 6.22. The maximum atomic E-state index is 14.6. The van der Waals surface area contributed by atoms with Crippen LogP contribution in [-0.4, -0.2) is 6.17 Å². The Labute approximate surface area is 125 Å². The zero-order chi connectivity index (χ0) is 14.4. The molecule has 118 valence electrons. The van der Waals surface area contributed by atoms with Gasteiger partial charge in [-0.2, -0.15) is 0 Å². The third kappa shape index (κ3) is 4.46. The van der Waals surface area contributed by atoms with Crippen LogP contribution >= 0.6 is 0 Å². The van der Waals surface area contributed by atoms with E-state index in [-0.39, 0.29) is 0 Å². The SMILES string of the molecule is CCCCCC1CCC(C2CCC(CC)CC2)C(F)C1. The zero-order valence-corrected chi connectivity index (χ0v) is 13.7. The summed E-state index contributed by atoms with van der Waals surface area (Å²) in [5.41, 5.74) is 0. The minimum absolute atomic E-state index is 0.412. The van der Waals surface area contributed by atoms with Gasteiger partial charge in [0.2, 0.25) is 0 Å². The average molecular weight is 282 g/mol. The van der Waals surface area contributed by atoms with Crippen LogP contribution in [-0.2, 0) is 0 Å². The predicted molar refractivity (Wildman–Crippen MR) is 85.6 cm³/mol. The maximum Gasteiger partial charge on any atom is 0.103 e. The Morgan fingerprint density at radius 3 is 2.15 bits per heavy atom. The second-order valence-corrected chi connectivity index (χ2v) is 7.54. The fourth-order valence-corrected chi connectivity index (χ4v) is 4.72. The predicted octanol–water partition coefficient (Wildman–Crippen LogP) is 6.54. The van der Waals surface area contributed by atoms with E-state index in [1.54, 1.807) is 0 Å². The molecule has 2 aliphatic carbocycles. The fraction of sp³-hybridized carbons (Fsp3) is 1.00. The molecule has 0 aliphatic heterocycles. The molecule has 0 N–H and O–H groups in total. The van der Waals surface area contributed by atoms with Gasteiger partial charge in [0.1, 0.15) is 6.17 Å². The first-order valence-electron chi connectivity index (χ1n) is 9.38. The molecule has 2 rings (SSSR count). The van der Waals surface area contributed by atoms with Crippen molar-refractivity contribution in [3.63, 3.8) is 0 Å². The second kappa shape index (κ2) is 8.39. The number of unbranched alkanes of at least 4 members (excludes halogenated alkanes) is 2. The molecule has 1 heteroatoms. The Balaban J connectivity index is 1.73. The highest BCUT2D eigenvalue weighted by Gasteiger charge is 2.36. The van der Waals surface area contributed by atoms with Gasteiger partial charge in [0.15, 0.2) is 0 Å². The summed E-state index contributed by atoms with van der Waals surface area (Å²) in [5, 5.41) is 0. The summed E-state index contributed by atoms with van der Waals surface area (Å²) in [4.78, 5) is 0. The van der Waals surface area contributed by atoms with Crippen LogP contribution in [0, 0.1) is 23.7 Å². The van der Waals surface area contributed by atoms with Crippen molar-refractivity contribution in [2.75, 3.05) is 0 Å². The Hall–Kier alpha value is -0.0700. The molecule has 0 aromatic heterocycles. The average Bonchev–Trinajstić information content (AvgIpc) is 2.48. The van der Waals surface area contributed by atoms with E-state index in [0.29, 0.717) is 17.8 Å². The summed E-state index contributed by atoms with van der Waals surface area (Å²) in [5.74, 6) is 2.76. The summed E-state index contributed by atoms with van der Waals surface area (Å²) in [7, 11) is 0. The molecule has 0 saturated heterocycles. The number of alkyl halides is 1. The van der Waals surface area contributed by atoms with Crippen molar-refractivity contribution in [1.29, 1.82) is 0 Å². The van der Waals surface area contributed by atoms with Crippen LogP contribution in [0.3, 0.4) is 0 Å². The highest BCUT2D eigenvalue weighted by atomic mass is 19.1. The van der Waals surface area contributed by atoms with Crippen molar-refractivity contribution in [1.82, 2.24) is 0 Å². The summed E-state index contributed by atoms with van der Waals surface area (Å²) >= 11 is 0. The van der Waals surface area contributed by atoms with E-state index < -0.39 is 6.17 Å². The van der Waals surface area contributed by atoms with E-state index in [1.165, 1.54) is 70.6 Å². The van der Waals surface area contributed by atoms with Crippen LogP contribution in [0.4, 0.5) is 4.39 Å². The van der Waals surface area contributed by atoms with Crippen LogP contribution < -0.4 is 0 Å². The van der Waals surface area contributed by atoms with Gasteiger partial charge in [0.25, 0.3) is 0 Å². The van der Waals surface area contributed by atoms with E-state index in [9.17, 15) is 4.39 Å². The molecule has 2 saturated carbocycles. The fourth-order valence-electron chi connectivity index (χ4n) is 4.72. The number of hydrogen-bond donors (Lipinski definition) is 0. The Morgan fingerprint density at radius 1 is 0.850 bits per heavy atom. The lowest BCUT2D eigenvalue weighted by molar-refractivity contribution is 0.0560. The molecule has 0 aromatic rings. The molecule has 3 unspecified atom stereocenters. The maximum absolute atomic E-state index is 14.6. The van der Waals surface area contributed by atoms with Crippen LogP contribution in [0.5, 0.6) is 0 Å². The topological polar surface area (TPSA) is 0 Å². The van der Waals surface area contributed by atoms with E-state index in [1.807, 2.05) is 0 Å². The van der Waals surface area contributed by atoms with Gasteiger partial charge < -0.3 is 0 Å². The van der Waals surface area contributed by atoms with E-state index in [4.69, 9.17) is 0 Å². The molecular weight excluding hydrogens is 247 g/mol. The first-order chi connectivity index (χ1) is 9.74. The summed E-state index contributed by atoms with van der Waals surface area (Å²) in [6, 6.07) is 0. The van der Waals surface area contributed by atoms with E-state index in [2.05, 4.69) is 13.8 Å². The van der Waals surface area contributed by atoms with Gasteiger partial charge in [-0.05, 0) is 55.8 Å². The van der Waals surface area contributed by atoms with E-state index >= 15 is 0 Å². The van der Waals surface area contributed by atoms with Crippen molar-refractivity contribution >= 4 is 0 Å². The van der Waals surface area contributed by atoms with Gasteiger partial charge in [-0.15, -0.1) is 0 Å². The third-order valence-electron chi connectivity index (χ3n) is 6.22. The van der Waals surface area contributed by atoms with Crippen molar-refractivity contribution in [2.24, 2.45) is 23.7 Å². The standard InChI is InChI=1S/C19H35F/c1-3-5-6-7-16-10-13-18(19(20)14-16)17-11-8-15(4-2)9-12-17/h15-19H,3-14H2,1-2H3. The largest absolute Gasteiger partial charge is 0.247 e. The lowest BCUT2D eigenvalue weighted by atomic mass is 9.67. The highest BCUT2D eigenvalue weighted by molar-refractivity contribution is 4.87. The lowest BCUT2D eigenvalue weighted by Gasteiger charge is -2.39. The summed E-state index contributed by atoms with van der Waals surface area (Å²) < 4.78 is 14.6. The molecule has 2 aliphatic rings. The molecule has 0 heterocycles.